The Hall–Kier alpha value is 0.130. The Labute approximate surface area is 109 Å². The van der Waals surface area contributed by atoms with E-state index in [1.165, 1.54) is 12.8 Å². The van der Waals surface area contributed by atoms with Gasteiger partial charge < -0.3 is 11.1 Å². The number of nitrogens with two attached hydrogens (primary N) is 3. The zero-order valence-electron chi connectivity index (χ0n) is 10.6. The zero-order chi connectivity index (χ0) is 12.4. The Kier molecular flexibility index (Phi) is 4.66. The Balaban J connectivity index is 2.01. The molecular weight excluding hydrogens is 236 g/mol. The van der Waals surface area contributed by atoms with E-state index in [1.807, 2.05) is 0 Å². The van der Waals surface area contributed by atoms with E-state index in [0.717, 1.165) is 19.3 Å². The maximum atomic E-state index is 6.26. The number of nitrogens with one attached hydrogen (secondary N) is 1. The molecule has 1 aliphatic carbocycles. The van der Waals surface area contributed by atoms with Gasteiger partial charge in [-0.05, 0) is 38.0 Å². The minimum absolute atomic E-state index is 0.0387. The topological polar surface area (TPSA) is 80.7 Å². The fourth-order valence-electron chi connectivity index (χ4n) is 3.56. The zero-order valence-corrected chi connectivity index (χ0v) is 11.4. The summed E-state index contributed by atoms with van der Waals surface area (Å²) in [6.07, 6.45) is 5.83. The van der Waals surface area contributed by atoms with Gasteiger partial charge in [0, 0.05) is 11.3 Å². The van der Waals surface area contributed by atoms with E-state index in [9.17, 15) is 0 Å². The lowest BCUT2D eigenvalue weighted by molar-refractivity contribution is -0.744. The Morgan fingerprint density at radius 3 is 2.47 bits per heavy atom. The van der Waals surface area contributed by atoms with Gasteiger partial charge >= 0.3 is 0 Å². The molecule has 1 saturated heterocycles. The second-order valence-electron chi connectivity index (χ2n) is 5.57. The first-order valence-electron chi connectivity index (χ1n) is 6.88. The van der Waals surface area contributed by atoms with Crippen LogP contribution in [0.2, 0.25) is 0 Å². The number of hydrogen-bond donors (Lipinski definition) is 4. The molecule has 0 aromatic carbocycles. The molecule has 2 fully saturated rings. The van der Waals surface area contributed by atoms with Crippen molar-refractivity contribution in [1.29, 1.82) is 0 Å². The predicted octanol–water partition coefficient (Wildman–Crippen LogP) is -0.127. The molecule has 0 radical (unpaired) electrons. The summed E-state index contributed by atoms with van der Waals surface area (Å²) in [6, 6.07) is 0.554. The van der Waals surface area contributed by atoms with Crippen LogP contribution >= 0.6 is 11.6 Å². The van der Waals surface area contributed by atoms with Crippen LogP contribution in [-0.2, 0) is 0 Å². The van der Waals surface area contributed by atoms with Crippen molar-refractivity contribution in [3.8, 4) is 0 Å². The molecule has 100 valence electrons. The lowest BCUT2D eigenvalue weighted by atomic mass is 9.73. The third kappa shape index (κ3) is 3.12. The van der Waals surface area contributed by atoms with Crippen LogP contribution < -0.4 is 22.1 Å². The first-order valence-corrected chi connectivity index (χ1v) is 7.31. The molecule has 4 atom stereocenters. The van der Waals surface area contributed by atoms with Crippen LogP contribution in [0.1, 0.15) is 39.0 Å². The molecule has 4 nitrogen and oxygen atoms in total. The summed E-state index contributed by atoms with van der Waals surface area (Å²) >= 11 is 6.18. The molecule has 1 saturated carbocycles. The molecule has 0 aromatic heterocycles. The standard InChI is InChI=1S/C12H25ClN4/c1-2-9-10(11(14)17-12(15)16-9)7-3-5-8(13)6-4-7/h7-12,16-17H,2-6,14-15H2,1H3/p+1. The van der Waals surface area contributed by atoms with Gasteiger partial charge in [0.1, 0.15) is 0 Å². The van der Waals surface area contributed by atoms with E-state index in [0.29, 0.717) is 23.3 Å². The van der Waals surface area contributed by atoms with Crippen molar-refractivity contribution in [1.82, 2.24) is 5.32 Å². The fraction of sp³-hybridized carbons (Fsp3) is 1.00. The van der Waals surface area contributed by atoms with E-state index in [4.69, 9.17) is 23.1 Å². The minimum atomic E-state index is -0.0458. The summed E-state index contributed by atoms with van der Waals surface area (Å²) in [6.45, 7) is 2.23. The van der Waals surface area contributed by atoms with Crippen molar-refractivity contribution in [2.75, 3.05) is 0 Å². The number of halogens is 1. The monoisotopic (exact) mass is 261 g/mol. The maximum Gasteiger partial charge on any atom is 0.195 e. The molecule has 0 aromatic rings. The van der Waals surface area contributed by atoms with Crippen LogP contribution in [-0.4, -0.2) is 23.9 Å². The molecule has 2 aliphatic rings. The summed E-state index contributed by atoms with van der Waals surface area (Å²) in [5, 5.41) is 5.89. The van der Waals surface area contributed by atoms with Crippen molar-refractivity contribution in [2.24, 2.45) is 23.3 Å². The average Bonchev–Trinajstić information content (AvgIpc) is 2.30. The first kappa shape index (κ1) is 13.6. The molecule has 2 rings (SSSR count). The second kappa shape index (κ2) is 5.85. The number of quaternary nitrogens is 1. The predicted molar refractivity (Wildman–Crippen MR) is 70.2 cm³/mol. The van der Waals surface area contributed by atoms with E-state index in [1.54, 1.807) is 0 Å². The highest BCUT2D eigenvalue weighted by molar-refractivity contribution is 6.20. The Morgan fingerprint density at radius 2 is 1.88 bits per heavy atom. The van der Waals surface area contributed by atoms with Crippen molar-refractivity contribution in [2.45, 2.75) is 62.9 Å². The van der Waals surface area contributed by atoms with Crippen LogP contribution in [0.3, 0.4) is 0 Å². The van der Waals surface area contributed by atoms with Crippen molar-refractivity contribution < 1.29 is 5.32 Å². The van der Waals surface area contributed by atoms with Crippen LogP contribution in [0, 0.1) is 11.8 Å². The summed E-state index contributed by atoms with van der Waals surface area (Å²) in [4.78, 5) is 0. The summed E-state index contributed by atoms with van der Waals surface area (Å²) in [5.74, 6) is 1.24. The van der Waals surface area contributed by atoms with Crippen LogP contribution in [0.4, 0.5) is 0 Å². The number of hydrogen-bond acceptors (Lipinski definition) is 3. The summed E-state index contributed by atoms with van der Waals surface area (Å²) < 4.78 is 0. The second-order valence-corrected chi connectivity index (χ2v) is 6.19. The number of rotatable bonds is 2. The van der Waals surface area contributed by atoms with Crippen molar-refractivity contribution >= 4 is 11.6 Å². The molecule has 5 heteroatoms. The van der Waals surface area contributed by atoms with Crippen molar-refractivity contribution in [3.63, 3.8) is 0 Å². The van der Waals surface area contributed by atoms with Gasteiger partial charge in [-0.1, -0.05) is 6.92 Å². The SMILES string of the molecule is CCC1[NH2+]C(N)NC(N)C1C1CCC(Cl)CC1. The Bertz CT molecular complexity index is 243. The van der Waals surface area contributed by atoms with Gasteiger partial charge in [-0.3, -0.25) is 5.73 Å². The van der Waals surface area contributed by atoms with Gasteiger partial charge in [0.2, 0.25) is 0 Å². The molecule has 4 unspecified atom stereocenters. The molecule has 17 heavy (non-hydrogen) atoms. The molecule has 7 N–H and O–H groups in total. The van der Waals surface area contributed by atoms with Gasteiger partial charge in [-0.15, -0.1) is 11.6 Å². The molecule has 0 amide bonds. The highest BCUT2D eigenvalue weighted by Crippen LogP contribution is 2.35. The highest BCUT2D eigenvalue weighted by Gasteiger charge is 2.41. The third-order valence-corrected chi connectivity index (χ3v) is 4.90. The highest BCUT2D eigenvalue weighted by atomic mass is 35.5. The molecule has 0 bridgehead atoms. The maximum absolute atomic E-state index is 6.26. The lowest BCUT2D eigenvalue weighted by Crippen LogP contribution is -3.05. The van der Waals surface area contributed by atoms with Crippen molar-refractivity contribution in [3.05, 3.63) is 0 Å². The number of alkyl halides is 1. The lowest BCUT2D eigenvalue weighted by Gasteiger charge is -2.43. The van der Waals surface area contributed by atoms with Gasteiger partial charge in [-0.2, -0.15) is 0 Å². The average molecular weight is 262 g/mol. The van der Waals surface area contributed by atoms with E-state index in [2.05, 4.69) is 17.6 Å². The molecular formula is C12H26ClN4+. The molecule has 0 spiro atoms. The smallest absolute Gasteiger partial charge is 0.195 e. The van der Waals surface area contributed by atoms with Crippen LogP contribution in [0.5, 0.6) is 0 Å². The normalized spacial score (nSPS) is 48.0. The van der Waals surface area contributed by atoms with E-state index < -0.39 is 0 Å². The Morgan fingerprint density at radius 1 is 1.24 bits per heavy atom. The summed E-state index contributed by atoms with van der Waals surface area (Å²) in [5.41, 5.74) is 12.2. The van der Waals surface area contributed by atoms with Crippen LogP contribution in [0.25, 0.3) is 0 Å². The van der Waals surface area contributed by atoms with Gasteiger partial charge in [0.05, 0.1) is 12.2 Å². The van der Waals surface area contributed by atoms with Crippen LogP contribution in [0.15, 0.2) is 0 Å². The largest absolute Gasteiger partial charge is 0.316 e. The molecule has 1 aliphatic heterocycles. The summed E-state index contributed by atoms with van der Waals surface area (Å²) in [7, 11) is 0. The van der Waals surface area contributed by atoms with Gasteiger partial charge in [-0.25, -0.2) is 5.32 Å². The van der Waals surface area contributed by atoms with Gasteiger partial charge in [0.25, 0.3) is 0 Å². The molecule has 1 heterocycles. The minimum Gasteiger partial charge on any atom is -0.316 e. The van der Waals surface area contributed by atoms with E-state index >= 15 is 0 Å². The van der Waals surface area contributed by atoms with E-state index in [-0.39, 0.29) is 12.5 Å². The third-order valence-electron chi connectivity index (χ3n) is 4.47. The fourth-order valence-corrected chi connectivity index (χ4v) is 3.82. The first-order chi connectivity index (χ1) is 8.11. The quantitative estimate of drug-likeness (QED) is 0.523. The van der Waals surface area contributed by atoms with Gasteiger partial charge in [0.15, 0.2) is 6.29 Å².